The third-order valence-electron chi connectivity index (χ3n) is 3.45. The highest BCUT2D eigenvalue weighted by molar-refractivity contribution is 5.97. The van der Waals surface area contributed by atoms with E-state index in [1.54, 1.807) is 25.1 Å². The summed E-state index contributed by atoms with van der Waals surface area (Å²) in [4.78, 5) is 23.3. The second kappa shape index (κ2) is 7.70. The van der Waals surface area contributed by atoms with E-state index in [2.05, 4.69) is 5.32 Å². The lowest BCUT2D eigenvalue weighted by Crippen LogP contribution is -2.23. The van der Waals surface area contributed by atoms with Crippen molar-refractivity contribution in [3.8, 4) is 0 Å². The van der Waals surface area contributed by atoms with Gasteiger partial charge in [-0.3, -0.25) is 4.79 Å². The Balaban J connectivity index is 2.11. The van der Waals surface area contributed by atoms with Crippen molar-refractivity contribution in [3.05, 3.63) is 70.0 Å². The van der Waals surface area contributed by atoms with Gasteiger partial charge in [0.2, 0.25) is 0 Å². The van der Waals surface area contributed by atoms with E-state index in [4.69, 9.17) is 9.84 Å². The van der Waals surface area contributed by atoms with Crippen molar-refractivity contribution in [3.63, 3.8) is 0 Å². The molecule has 2 rings (SSSR count). The number of methoxy groups -OCH3 is 1. The molecule has 0 heterocycles. The van der Waals surface area contributed by atoms with Crippen LogP contribution in [-0.2, 0) is 17.9 Å². The number of ether oxygens (including phenoxy) is 1. The minimum atomic E-state index is -1.09. The molecule has 0 spiro atoms. The minimum Gasteiger partial charge on any atom is -0.478 e. The average Bonchev–Trinajstić information content (AvgIpc) is 2.54. The summed E-state index contributed by atoms with van der Waals surface area (Å²) in [5, 5.41) is 11.8. The van der Waals surface area contributed by atoms with Crippen molar-refractivity contribution in [2.45, 2.75) is 20.1 Å². The Morgan fingerprint density at radius 2 is 1.88 bits per heavy atom. The first-order valence-corrected chi connectivity index (χ1v) is 7.30. The molecule has 0 fully saturated rings. The van der Waals surface area contributed by atoms with E-state index in [0.29, 0.717) is 11.1 Å². The normalized spacial score (nSPS) is 10.5. The molecular weight excluding hydrogens is 313 g/mol. The highest BCUT2D eigenvalue weighted by Gasteiger charge is 2.11. The van der Waals surface area contributed by atoms with Crippen molar-refractivity contribution < 1.29 is 23.8 Å². The standard InChI is InChI=1S/C18H18FNO4/c1-11-5-13(8-14(6-11)18(22)23)17(21)20-9-12-3-4-16(19)15(7-12)10-24-2/h3-8H,9-10H2,1-2H3,(H,20,21)(H,22,23). The number of halogens is 1. The van der Waals surface area contributed by atoms with E-state index in [9.17, 15) is 14.0 Å². The molecule has 0 aromatic heterocycles. The lowest BCUT2D eigenvalue weighted by Gasteiger charge is -2.09. The maximum absolute atomic E-state index is 13.6. The molecule has 126 valence electrons. The van der Waals surface area contributed by atoms with E-state index < -0.39 is 5.97 Å². The first-order chi connectivity index (χ1) is 11.4. The topological polar surface area (TPSA) is 75.6 Å². The number of carbonyl (C=O) groups excluding carboxylic acids is 1. The van der Waals surface area contributed by atoms with E-state index in [0.717, 1.165) is 5.56 Å². The lowest BCUT2D eigenvalue weighted by atomic mass is 10.1. The number of hydrogen-bond donors (Lipinski definition) is 2. The molecule has 2 aromatic carbocycles. The maximum atomic E-state index is 13.6. The summed E-state index contributed by atoms with van der Waals surface area (Å²) < 4.78 is 18.5. The molecule has 5 nitrogen and oxygen atoms in total. The van der Waals surface area contributed by atoms with Gasteiger partial charge in [0.25, 0.3) is 5.91 Å². The van der Waals surface area contributed by atoms with E-state index in [1.807, 2.05) is 0 Å². The van der Waals surface area contributed by atoms with Crippen LogP contribution in [0, 0.1) is 12.7 Å². The molecule has 2 aromatic rings. The van der Waals surface area contributed by atoms with Crippen molar-refractivity contribution in [1.29, 1.82) is 0 Å². The van der Waals surface area contributed by atoms with Gasteiger partial charge in [-0.1, -0.05) is 6.07 Å². The van der Waals surface area contributed by atoms with Crippen molar-refractivity contribution in [2.75, 3.05) is 7.11 Å². The van der Waals surface area contributed by atoms with Gasteiger partial charge in [0, 0.05) is 24.8 Å². The maximum Gasteiger partial charge on any atom is 0.335 e. The summed E-state index contributed by atoms with van der Waals surface area (Å²) in [6.45, 7) is 2.07. The average molecular weight is 331 g/mol. The Kier molecular flexibility index (Phi) is 5.65. The van der Waals surface area contributed by atoms with Gasteiger partial charge in [-0.05, 0) is 48.4 Å². The Labute approximate surface area is 139 Å². The molecule has 0 radical (unpaired) electrons. The molecule has 0 aliphatic carbocycles. The fraction of sp³-hybridized carbons (Fsp3) is 0.222. The predicted molar refractivity (Wildman–Crippen MR) is 86.4 cm³/mol. The van der Waals surface area contributed by atoms with Crippen LogP contribution in [0.15, 0.2) is 36.4 Å². The largest absolute Gasteiger partial charge is 0.478 e. The lowest BCUT2D eigenvalue weighted by molar-refractivity contribution is 0.0696. The van der Waals surface area contributed by atoms with Crippen LogP contribution in [0.3, 0.4) is 0 Å². The zero-order valence-corrected chi connectivity index (χ0v) is 13.4. The van der Waals surface area contributed by atoms with Gasteiger partial charge in [0.1, 0.15) is 5.82 Å². The molecule has 0 unspecified atom stereocenters. The van der Waals surface area contributed by atoms with Crippen LogP contribution in [0.5, 0.6) is 0 Å². The minimum absolute atomic E-state index is 0.0595. The molecule has 0 saturated heterocycles. The Hall–Kier alpha value is -2.73. The molecule has 0 saturated carbocycles. The predicted octanol–water partition coefficient (Wildman–Crippen LogP) is 2.91. The Morgan fingerprint density at radius 3 is 2.54 bits per heavy atom. The molecule has 0 atom stereocenters. The zero-order valence-electron chi connectivity index (χ0n) is 13.4. The smallest absolute Gasteiger partial charge is 0.335 e. The summed E-state index contributed by atoms with van der Waals surface area (Å²) in [6, 6.07) is 8.96. The van der Waals surface area contributed by atoms with Crippen LogP contribution in [-0.4, -0.2) is 24.1 Å². The first kappa shape index (κ1) is 17.6. The second-order valence-electron chi connectivity index (χ2n) is 5.43. The number of aromatic carboxylic acids is 1. The van der Waals surface area contributed by atoms with Gasteiger partial charge >= 0.3 is 5.97 Å². The van der Waals surface area contributed by atoms with Gasteiger partial charge in [0.15, 0.2) is 0 Å². The molecule has 0 aliphatic rings. The molecule has 2 N–H and O–H groups in total. The molecule has 0 aliphatic heterocycles. The van der Waals surface area contributed by atoms with Gasteiger partial charge in [-0.2, -0.15) is 0 Å². The van der Waals surface area contributed by atoms with Gasteiger partial charge in [0.05, 0.1) is 12.2 Å². The van der Waals surface area contributed by atoms with Crippen LogP contribution in [0.2, 0.25) is 0 Å². The number of benzene rings is 2. The van der Waals surface area contributed by atoms with Crippen LogP contribution in [0.25, 0.3) is 0 Å². The van der Waals surface area contributed by atoms with E-state index >= 15 is 0 Å². The fourth-order valence-corrected chi connectivity index (χ4v) is 2.33. The number of aryl methyl sites for hydroxylation is 1. The van der Waals surface area contributed by atoms with Crippen molar-refractivity contribution in [1.82, 2.24) is 5.32 Å². The van der Waals surface area contributed by atoms with Crippen molar-refractivity contribution >= 4 is 11.9 Å². The molecule has 1 amide bonds. The van der Waals surface area contributed by atoms with Crippen molar-refractivity contribution in [2.24, 2.45) is 0 Å². The Bertz CT molecular complexity index is 774. The number of hydrogen-bond acceptors (Lipinski definition) is 3. The van der Waals surface area contributed by atoms with E-state index in [1.165, 1.54) is 25.3 Å². The molecule has 0 bridgehead atoms. The fourth-order valence-electron chi connectivity index (χ4n) is 2.33. The summed E-state index contributed by atoms with van der Waals surface area (Å²) in [7, 11) is 1.48. The monoisotopic (exact) mass is 331 g/mol. The third-order valence-corrected chi connectivity index (χ3v) is 3.45. The summed E-state index contributed by atoms with van der Waals surface area (Å²) in [5.41, 5.74) is 2.15. The highest BCUT2D eigenvalue weighted by atomic mass is 19.1. The number of carbonyl (C=O) groups is 2. The Morgan fingerprint density at radius 1 is 1.17 bits per heavy atom. The molecule has 6 heteroatoms. The third kappa shape index (κ3) is 4.39. The van der Waals surface area contributed by atoms with Crippen LogP contribution >= 0.6 is 0 Å². The van der Waals surface area contributed by atoms with Crippen LogP contribution in [0.1, 0.15) is 37.4 Å². The second-order valence-corrected chi connectivity index (χ2v) is 5.43. The number of amides is 1. The molecule has 24 heavy (non-hydrogen) atoms. The van der Waals surface area contributed by atoms with Crippen LogP contribution < -0.4 is 5.32 Å². The quantitative estimate of drug-likeness (QED) is 0.853. The van der Waals surface area contributed by atoms with Gasteiger partial charge < -0.3 is 15.2 Å². The van der Waals surface area contributed by atoms with E-state index in [-0.39, 0.29) is 36.0 Å². The summed E-state index contributed by atoms with van der Waals surface area (Å²) in [5.74, 6) is -1.84. The highest BCUT2D eigenvalue weighted by Crippen LogP contribution is 2.13. The molecular formula is C18H18FNO4. The van der Waals surface area contributed by atoms with Gasteiger partial charge in [-0.25, -0.2) is 9.18 Å². The number of carboxylic acid groups (broad SMARTS) is 1. The van der Waals surface area contributed by atoms with Crippen LogP contribution in [0.4, 0.5) is 4.39 Å². The summed E-state index contributed by atoms with van der Waals surface area (Å²) >= 11 is 0. The number of rotatable bonds is 6. The SMILES string of the molecule is COCc1cc(CNC(=O)c2cc(C)cc(C(=O)O)c2)ccc1F. The van der Waals surface area contributed by atoms with Gasteiger partial charge in [-0.15, -0.1) is 0 Å². The number of carboxylic acids is 1. The summed E-state index contributed by atoms with van der Waals surface area (Å²) in [6.07, 6.45) is 0. The first-order valence-electron chi connectivity index (χ1n) is 7.30. The zero-order chi connectivity index (χ0) is 17.7. The number of nitrogens with one attached hydrogen (secondary N) is 1.